The van der Waals surface area contributed by atoms with Crippen molar-refractivity contribution in [3.05, 3.63) is 81.8 Å². The first-order chi connectivity index (χ1) is 11.7. The molecule has 3 rings (SSSR count). The Morgan fingerprint density at radius 3 is 2.62 bits per heavy atom. The fraction of sp³-hybridized carbons (Fsp3) is 0.0588. The normalized spacial score (nSPS) is 12.4. The number of allylic oxidation sites excluding steroid dienone is 1. The van der Waals surface area contributed by atoms with Crippen LogP contribution in [0.4, 0.5) is 0 Å². The number of hydrogen-bond acceptors (Lipinski definition) is 6. The van der Waals surface area contributed by atoms with E-state index in [0.717, 1.165) is 9.13 Å². The molecule has 0 atom stereocenters. The molecule has 2 heterocycles. The zero-order chi connectivity index (χ0) is 16.8. The van der Waals surface area contributed by atoms with Crippen molar-refractivity contribution >= 4 is 34.0 Å². The smallest absolute Gasteiger partial charge is 0.184 e. The lowest BCUT2D eigenvalue weighted by Gasteiger charge is -2.03. The van der Waals surface area contributed by atoms with Gasteiger partial charge in [-0.25, -0.2) is 9.97 Å². The van der Waals surface area contributed by atoms with Crippen LogP contribution in [0.15, 0.2) is 70.6 Å². The molecular formula is C17H14IN5O. The average molecular weight is 431 g/mol. The maximum Gasteiger partial charge on any atom is 0.184 e. The molecule has 0 aliphatic heterocycles. The summed E-state index contributed by atoms with van der Waals surface area (Å²) in [7, 11) is 0. The van der Waals surface area contributed by atoms with E-state index in [0.29, 0.717) is 29.5 Å². The van der Waals surface area contributed by atoms with Crippen LogP contribution in [0.2, 0.25) is 0 Å². The summed E-state index contributed by atoms with van der Waals surface area (Å²) in [6, 6.07) is 11.5. The third kappa shape index (κ3) is 4.05. The van der Waals surface area contributed by atoms with Gasteiger partial charge in [-0.15, -0.1) is 0 Å². The first-order valence-electron chi connectivity index (χ1n) is 7.17. The highest BCUT2D eigenvalue weighted by Crippen LogP contribution is 2.14. The number of rotatable bonds is 5. The highest BCUT2D eigenvalue weighted by molar-refractivity contribution is 14.1. The van der Waals surface area contributed by atoms with Gasteiger partial charge < -0.3 is 10.3 Å². The molecule has 6 nitrogen and oxygen atoms in total. The summed E-state index contributed by atoms with van der Waals surface area (Å²) < 4.78 is 6.38. The predicted molar refractivity (Wildman–Crippen MR) is 100 cm³/mol. The number of aromatic nitrogens is 3. The fourth-order valence-corrected chi connectivity index (χ4v) is 2.56. The molecule has 0 aliphatic carbocycles. The van der Waals surface area contributed by atoms with Crippen LogP contribution in [0, 0.1) is 3.57 Å². The van der Waals surface area contributed by atoms with E-state index < -0.39 is 0 Å². The highest BCUT2D eigenvalue weighted by Gasteiger charge is 2.09. The lowest BCUT2D eigenvalue weighted by atomic mass is 10.2. The third-order valence-corrected chi connectivity index (χ3v) is 4.24. The summed E-state index contributed by atoms with van der Waals surface area (Å²) in [5.41, 5.74) is 8.22. The molecule has 0 amide bonds. The van der Waals surface area contributed by atoms with E-state index in [2.05, 4.69) is 42.7 Å². The summed E-state index contributed by atoms with van der Waals surface area (Å²) >= 11 is 2.29. The zero-order valence-corrected chi connectivity index (χ0v) is 14.8. The van der Waals surface area contributed by atoms with Crippen LogP contribution in [0.3, 0.4) is 0 Å². The van der Waals surface area contributed by atoms with Gasteiger partial charge in [0.05, 0.1) is 18.4 Å². The quantitative estimate of drug-likeness (QED) is 0.496. The second-order valence-electron chi connectivity index (χ2n) is 4.84. The van der Waals surface area contributed by atoms with Gasteiger partial charge in [-0.2, -0.15) is 0 Å². The standard InChI is InChI=1S/C17H14IN5O/c18-13-5-2-1-4-12(13)11-22-15(16-6-9-23-24-16)10-14(19)17-20-7-3-8-21-17/h1-10H,11,19H2. The first kappa shape index (κ1) is 16.3. The van der Waals surface area contributed by atoms with E-state index in [-0.39, 0.29) is 0 Å². The third-order valence-electron chi connectivity index (χ3n) is 3.18. The van der Waals surface area contributed by atoms with Crippen LogP contribution >= 0.6 is 22.6 Å². The maximum absolute atomic E-state index is 6.09. The molecule has 0 fully saturated rings. The van der Waals surface area contributed by atoms with E-state index in [9.17, 15) is 0 Å². The van der Waals surface area contributed by atoms with Crippen LogP contribution in [-0.2, 0) is 6.54 Å². The minimum Gasteiger partial charge on any atom is -0.396 e. The van der Waals surface area contributed by atoms with Gasteiger partial charge in [0.25, 0.3) is 0 Å². The van der Waals surface area contributed by atoms with Gasteiger partial charge in [0, 0.05) is 22.0 Å². The lowest BCUT2D eigenvalue weighted by Crippen LogP contribution is -2.06. The molecule has 24 heavy (non-hydrogen) atoms. The van der Waals surface area contributed by atoms with Gasteiger partial charge in [-0.3, -0.25) is 4.99 Å². The summed E-state index contributed by atoms with van der Waals surface area (Å²) in [5, 5.41) is 3.74. The Morgan fingerprint density at radius 1 is 1.12 bits per heavy atom. The Balaban J connectivity index is 1.93. The van der Waals surface area contributed by atoms with Crippen LogP contribution < -0.4 is 5.73 Å². The van der Waals surface area contributed by atoms with E-state index in [1.807, 2.05) is 24.3 Å². The molecule has 3 aromatic rings. The van der Waals surface area contributed by atoms with Crippen molar-refractivity contribution < 1.29 is 4.52 Å². The molecule has 0 radical (unpaired) electrons. The Bertz CT molecular complexity index is 860. The van der Waals surface area contributed by atoms with E-state index in [1.165, 1.54) is 0 Å². The van der Waals surface area contributed by atoms with Crippen LogP contribution in [0.5, 0.6) is 0 Å². The number of halogens is 1. The molecule has 0 unspecified atom stereocenters. The zero-order valence-electron chi connectivity index (χ0n) is 12.6. The molecule has 0 saturated carbocycles. The molecule has 2 aromatic heterocycles. The monoisotopic (exact) mass is 431 g/mol. The van der Waals surface area contributed by atoms with Crippen molar-refractivity contribution in [1.29, 1.82) is 0 Å². The minimum absolute atomic E-state index is 0.411. The van der Waals surface area contributed by atoms with Crippen molar-refractivity contribution in [2.24, 2.45) is 10.7 Å². The summed E-state index contributed by atoms with van der Waals surface area (Å²) in [6.07, 6.45) is 6.55. The van der Waals surface area contributed by atoms with Crippen LogP contribution in [-0.4, -0.2) is 20.8 Å². The molecule has 0 bridgehead atoms. The second kappa shape index (κ2) is 7.82. The number of hydrogen-bond donors (Lipinski definition) is 1. The Hall–Kier alpha value is -2.55. The number of nitrogens with zero attached hydrogens (tertiary/aromatic N) is 4. The van der Waals surface area contributed by atoms with Crippen molar-refractivity contribution in [2.75, 3.05) is 0 Å². The summed E-state index contributed by atoms with van der Waals surface area (Å²) in [4.78, 5) is 12.9. The van der Waals surface area contributed by atoms with Gasteiger partial charge in [0.1, 0.15) is 5.71 Å². The molecule has 2 N–H and O–H groups in total. The Labute approximate surface area is 152 Å². The molecule has 120 valence electrons. The lowest BCUT2D eigenvalue weighted by molar-refractivity contribution is 0.413. The first-order valence-corrected chi connectivity index (χ1v) is 8.25. The minimum atomic E-state index is 0.411. The van der Waals surface area contributed by atoms with Gasteiger partial charge in [-0.05, 0) is 46.4 Å². The molecule has 0 saturated heterocycles. The van der Waals surface area contributed by atoms with Gasteiger partial charge in [-0.1, -0.05) is 23.4 Å². The van der Waals surface area contributed by atoms with Crippen molar-refractivity contribution in [3.63, 3.8) is 0 Å². The Kier molecular flexibility index (Phi) is 5.32. The Morgan fingerprint density at radius 2 is 1.92 bits per heavy atom. The number of aliphatic imine (C=N–C) groups is 1. The largest absolute Gasteiger partial charge is 0.396 e. The highest BCUT2D eigenvalue weighted by atomic mass is 127. The van der Waals surface area contributed by atoms with E-state index >= 15 is 0 Å². The van der Waals surface area contributed by atoms with E-state index in [1.54, 1.807) is 36.8 Å². The molecular weight excluding hydrogens is 417 g/mol. The second-order valence-corrected chi connectivity index (χ2v) is 6.00. The molecule has 0 spiro atoms. The average Bonchev–Trinajstić information content (AvgIpc) is 3.15. The van der Waals surface area contributed by atoms with Crippen molar-refractivity contribution in [3.8, 4) is 0 Å². The summed E-state index contributed by atoms with van der Waals surface area (Å²) in [6.45, 7) is 0.509. The summed E-state index contributed by atoms with van der Waals surface area (Å²) in [5.74, 6) is 0.985. The SMILES string of the molecule is NC(=CC(=NCc1ccccc1I)c1ccno1)c1ncccn1. The topological polar surface area (TPSA) is 90.2 Å². The van der Waals surface area contributed by atoms with Gasteiger partial charge >= 0.3 is 0 Å². The van der Waals surface area contributed by atoms with Crippen molar-refractivity contribution in [2.45, 2.75) is 6.54 Å². The fourth-order valence-electron chi connectivity index (χ4n) is 2.00. The molecule has 7 heteroatoms. The predicted octanol–water partition coefficient (Wildman–Crippen LogP) is 3.06. The van der Waals surface area contributed by atoms with Gasteiger partial charge in [0.2, 0.25) is 0 Å². The van der Waals surface area contributed by atoms with Crippen LogP contribution in [0.25, 0.3) is 5.70 Å². The van der Waals surface area contributed by atoms with Crippen LogP contribution in [0.1, 0.15) is 17.1 Å². The van der Waals surface area contributed by atoms with Gasteiger partial charge in [0.15, 0.2) is 11.6 Å². The van der Waals surface area contributed by atoms with Crippen molar-refractivity contribution in [1.82, 2.24) is 15.1 Å². The number of nitrogens with two attached hydrogens (primary N) is 1. The molecule has 1 aromatic carbocycles. The number of benzene rings is 1. The maximum atomic E-state index is 6.09. The molecule has 0 aliphatic rings. The van der Waals surface area contributed by atoms with E-state index in [4.69, 9.17) is 10.3 Å².